The Hall–Kier alpha value is -3.13. The lowest BCUT2D eigenvalue weighted by molar-refractivity contribution is -0.384. The van der Waals surface area contributed by atoms with Crippen LogP contribution in [0.4, 0.5) is 5.69 Å². The minimum Gasteiger partial charge on any atom is -0.258 e. The Morgan fingerprint density at radius 1 is 1.15 bits per heavy atom. The zero-order valence-corrected chi connectivity index (χ0v) is 16.0. The number of aromatic amines is 1. The fourth-order valence-corrected chi connectivity index (χ4v) is 2.69. The first-order valence-corrected chi connectivity index (χ1v) is 8.74. The maximum absolute atomic E-state index is 10.7. The van der Waals surface area contributed by atoms with Gasteiger partial charge >= 0.3 is 0 Å². The highest BCUT2D eigenvalue weighted by Gasteiger charge is 2.14. The summed E-state index contributed by atoms with van der Waals surface area (Å²) in [6.07, 6.45) is 1.59. The van der Waals surface area contributed by atoms with Crippen molar-refractivity contribution in [3.63, 3.8) is 0 Å². The number of H-pyrrole nitrogens is 1. The van der Waals surface area contributed by atoms with Gasteiger partial charge in [0.15, 0.2) is 5.82 Å². The number of rotatable bonds is 4. The number of aromatic nitrogens is 3. The molecule has 0 unspecified atom stereocenters. The van der Waals surface area contributed by atoms with Gasteiger partial charge in [-0.1, -0.05) is 45.0 Å². The van der Waals surface area contributed by atoms with Crippen molar-refractivity contribution in [3.05, 3.63) is 74.5 Å². The van der Waals surface area contributed by atoms with Gasteiger partial charge < -0.3 is 0 Å². The highest BCUT2D eigenvalue weighted by molar-refractivity contribution is 7.71. The average molecular weight is 381 g/mol. The standard InChI is InChI=1S/C19H19N5O2S/c1-19(2,3)15-8-6-14(7-9-15)17-21-22-18(27)23(17)20-12-13-4-10-16(11-5-13)24(25)26/h4-12H,1-3H3,(H,22,27)/b20-12+. The molecule has 3 rings (SSSR count). The van der Waals surface area contributed by atoms with Crippen LogP contribution in [-0.4, -0.2) is 26.0 Å². The zero-order valence-electron chi connectivity index (χ0n) is 15.2. The first-order valence-electron chi connectivity index (χ1n) is 8.33. The molecule has 0 aliphatic heterocycles. The van der Waals surface area contributed by atoms with E-state index in [9.17, 15) is 10.1 Å². The Kier molecular flexibility index (Phi) is 5.00. The third kappa shape index (κ3) is 4.17. The average Bonchev–Trinajstić information content (AvgIpc) is 3.00. The van der Waals surface area contributed by atoms with E-state index in [2.05, 4.69) is 48.2 Å². The molecule has 0 saturated carbocycles. The van der Waals surface area contributed by atoms with Crippen LogP contribution >= 0.6 is 12.2 Å². The van der Waals surface area contributed by atoms with E-state index in [0.29, 0.717) is 10.6 Å². The van der Waals surface area contributed by atoms with Crippen LogP contribution in [0, 0.1) is 14.9 Å². The third-order valence-corrected chi connectivity index (χ3v) is 4.35. The Labute approximate surface area is 161 Å². The van der Waals surface area contributed by atoms with Gasteiger partial charge in [0, 0.05) is 17.7 Å². The minimum atomic E-state index is -0.438. The molecule has 1 heterocycles. The number of benzene rings is 2. The van der Waals surface area contributed by atoms with Gasteiger partial charge in [0.2, 0.25) is 4.77 Å². The van der Waals surface area contributed by atoms with Crippen molar-refractivity contribution >= 4 is 24.1 Å². The molecular weight excluding hydrogens is 362 g/mol. The lowest BCUT2D eigenvalue weighted by Gasteiger charge is -2.18. The number of nitrogens with one attached hydrogen (secondary N) is 1. The minimum absolute atomic E-state index is 0.0340. The van der Waals surface area contributed by atoms with E-state index in [-0.39, 0.29) is 11.1 Å². The molecule has 0 amide bonds. The molecular formula is C19H19N5O2S. The van der Waals surface area contributed by atoms with Crippen molar-refractivity contribution < 1.29 is 4.92 Å². The molecule has 2 aromatic carbocycles. The predicted molar refractivity (Wildman–Crippen MR) is 108 cm³/mol. The van der Waals surface area contributed by atoms with E-state index in [1.807, 2.05) is 12.1 Å². The summed E-state index contributed by atoms with van der Waals surface area (Å²) in [7, 11) is 0. The van der Waals surface area contributed by atoms with Crippen LogP contribution in [0.25, 0.3) is 11.4 Å². The number of nitro groups is 1. The molecule has 138 valence electrons. The van der Waals surface area contributed by atoms with Crippen LogP contribution in [0.1, 0.15) is 31.9 Å². The van der Waals surface area contributed by atoms with Crippen molar-refractivity contribution in [1.82, 2.24) is 14.9 Å². The third-order valence-electron chi connectivity index (χ3n) is 4.09. The largest absolute Gasteiger partial charge is 0.269 e. The van der Waals surface area contributed by atoms with Crippen molar-refractivity contribution in [2.24, 2.45) is 5.10 Å². The molecule has 7 nitrogen and oxygen atoms in total. The van der Waals surface area contributed by atoms with Gasteiger partial charge in [-0.05, 0) is 40.9 Å². The second-order valence-corrected chi connectivity index (χ2v) is 7.47. The number of hydrogen-bond acceptors (Lipinski definition) is 5. The summed E-state index contributed by atoms with van der Waals surface area (Å²) >= 11 is 5.27. The summed E-state index contributed by atoms with van der Waals surface area (Å²) in [5.41, 5.74) is 2.93. The molecule has 0 aliphatic carbocycles. The Bertz CT molecular complexity index is 1040. The normalized spacial score (nSPS) is 11.8. The van der Waals surface area contributed by atoms with Crippen molar-refractivity contribution in [2.45, 2.75) is 26.2 Å². The fourth-order valence-electron chi connectivity index (χ4n) is 2.51. The van der Waals surface area contributed by atoms with Crippen LogP contribution in [-0.2, 0) is 5.41 Å². The second-order valence-electron chi connectivity index (χ2n) is 7.08. The van der Waals surface area contributed by atoms with Gasteiger partial charge in [0.25, 0.3) is 5.69 Å². The molecule has 0 radical (unpaired) electrons. The first-order chi connectivity index (χ1) is 12.8. The topological polar surface area (TPSA) is 89.1 Å². The van der Waals surface area contributed by atoms with Crippen LogP contribution in [0.2, 0.25) is 0 Å². The summed E-state index contributed by atoms with van der Waals surface area (Å²) < 4.78 is 1.89. The number of nitro benzene ring substituents is 1. The van der Waals surface area contributed by atoms with Crippen molar-refractivity contribution in [2.75, 3.05) is 0 Å². The zero-order chi connectivity index (χ0) is 19.6. The summed E-state index contributed by atoms with van der Waals surface area (Å²) in [5.74, 6) is 0.596. The SMILES string of the molecule is CC(C)(C)c1ccc(-c2n[nH]c(=S)n2/N=C/c2ccc([N+](=O)[O-])cc2)cc1. The molecule has 8 heteroatoms. The fraction of sp³-hybridized carbons (Fsp3) is 0.211. The summed E-state index contributed by atoms with van der Waals surface area (Å²) in [6.45, 7) is 6.48. The lowest BCUT2D eigenvalue weighted by atomic mass is 9.87. The molecule has 0 spiro atoms. The first kappa shape index (κ1) is 18.7. The van der Waals surface area contributed by atoms with Gasteiger partial charge in [-0.25, -0.2) is 5.10 Å². The van der Waals surface area contributed by atoms with Crippen LogP contribution in [0.3, 0.4) is 0 Å². The van der Waals surface area contributed by atoms with Gasteiger partial charge in [0.05, 0.1) is 11.1 Å². The maximum atomic E-state index is 10.7. The monoisotopic (exact) mass is 381 g/mol. The molecule has 1 N–H and O–H groups in total. The quantitative estimate of drug-likeness (QED) is 0.307. The molecule has 1 aromatic heterocycles. The summed E-state index contributed by atoms with van der Waals surface area (Å²) in [6, 6.07) is 14.2. The van der Waals surface area contributed by atoms with Gasteiger partial charge in [-0.3, -0.25) is 10.1 Å². The Morgan fingerprint density at radius 2 is 1.78 bits per heavy atom. The van der Waals surface area contributed by atoms with E-state index in [1.165, 1.54) is 22.4 Å². The molecule has 27 heavy (non-hydrogen) atoms. The number of nitrogens with zero attached hydrogens (tertiary/aromatic N) is 4. The molecule has 0 fully saturated rings. The Morgan fingerprint density at radius 3 is 2.33 bits per heavy atom. The highest BCUT2D eigenvalue weighted by atomic mass is 32.1. The maximum Gasteiger partial charge on any atom is 0.269 e. The second kappa shape index (κ2) is 7.24. The Balaban J connectivity index is 1.91. The smallest absolute Gasteiger partial charge is 0.258 e. The molecule has 0 bridgehead atoms. The molecule has 3 aromatic rings. The van der Waals surface area contributed by atoms with Gasteiger partial charge in [0.1, 0.15) is 0 Å². The highest BCUT2D eigenvalue weighted by Crippen LogP contribution is 2.25. The van der Waals surface area contributed by atoms with Crippen LogP contribution in [0.15, 0.2) is 53.6 Å². The molecule has 0 atom stereocenters. The van der Waals surface area contributed by atoms with E-state index in [1.54, 1.807) is 18.3 Å². The van der Waals surface area contributed by atoms with Crippen LogP contribution in [0.5, 0.6) is 0 Å². The molecule has 0 saturated heterocycles. The van der Waals surface area contributed by atoms with E-state index in [4.69, 9.17) is 12.2 Å². The van der Waals surface area contributed by atoms with E-state index in [0.717, 1.165) is 11.1 Å². The lowest BCUT2D eigenvalue weighted by Crippen LogP contribution is -2.10. The number of hydrogen-bond donors (Lipinski definition) is 1. The van der Waals surface area contributed by atoms with Gasteiger partial charge in [-0.15, -0.1) is 0 Å². The van der Waals surface area contributed by atoms with E-state index < -0.39 is 4.92 Å². The number of non-ortho nitro benzene ring substituents is 1. The van der Waals surface area contributed by atoms with Crippen molar-refractivity contribution in [1.29, 1.82) is 0 Å². The summed E-state index contributed by atoms with van der Waals surface area (Å²) in [5, 5.41) is 22.1. The van der Waals surface area contributed by atoms with Gasteiger partial charge in [-0.2, -0.15) is 14.9 Å². The summed E-state index contributed by atoms with van der Waals surface area (Å²) in [4.78, 5) is 10.3. The van der Waals surface area contributed by atoms with E-state index >= 15 is 0 Å². The predicted octanol–water partition coefficient (Wildman–Crippen LogP) is 4.70. The molecule has 0 aliphatic rings. The van der Waals surface area contributed by atoms with Crippen molar-refractivity contribution in [3.8, 4) is 11.4 Å². The van der Waals surface area contributed by atoms with Crippen LogP contribution < -0.4 is 0 Å².